The predicted molar refractivity (Wildman–Crippen MR) is 108 cm³/mol. The third-order valence-electron chi connectivity index (χ3n) is 5.17. The van der Waals surface area contributed by atoms with E-state index in [1.54, 1.807) is 0 Å². The van der Waals surface area contributed by atoms with Crippen LogP contribution in [0.3, 0.4) is 0 Å². The second kappa shape index (κ2) is 6.87. The maximum absolute atomic E-state index is 4.79. The molecule has 0 radical (unpaired) electrons. The third-order valence-corrected chi connectivity index (χ3v) is 6.16. The van der Waals surface area contributed by atoms with Gasteiger partial charge in [0, 0.05) is 52.9 Å². The predicted octanol–water partition coefficient (Wildman–Crippen LogP) is 4.15. The number of likely N-dealkylation sites (tertiary alicyclic amines) is 1. The Morgan fingerprint density at radius 1 is 1.07 bits per heavy atom. The summed E-state index contributed by atoms with van der Waals surface area (Å²) >= 11 is 1.89. The number of hydrogen-bond acceptors (Lipinski definition) is 5. The molecule has 5 heterocycles. The topological polar surface area (TPSA) is 46.3 Å². The summed E-state index contributed by atoms with van der Waals surface area (Å²) in [5.74, 6) is 1.38. The van der Waals surface area contributed by atoms with E-state index in [4.69, 9.17) is 10.1 Å². The molecule has 4 aromatic rings. The van der Waals surface area contributed by atoms with Gasteiger partial charge in [-0.15, -0.1) is 11.3 Å². The van der Waals surface area contributed by atoms with Gasteiger partial charge in [0.1, 0.15) is 0 Å². The average molecular weight is 376 g/mol. The van der Waals surface area contributed by atoms with E-state index in [2.05, 4.69) is 41.2 Å². The van der Waals surface area contributed by atoms with Gasteiger partial charge in [-0.2, -0.15) is 5.10 Å². The van der Waals surface area contributed by atoms with Crippen LogP contribution < -0.4 is 0 Å². The molecule has 136 valence electrons. The normalized spacial score (nSPS) is 17.7. The van der Waals surface area contributed by atoms with Gasteiger partial charge in [-0.1, -0.05) is 0 Å². The van der Waals surface area contributed by atoms with Crippen LogP contribution in [0.1, 0.15) is 27.9 Å². The summed E-state index contributed by atoms with van der Waals surface area (Å²) in [5.41, 5.74) is 3.18. The summed E-state index contributed by atoms with van der Waals surface area (Å²) in [4.78, 5) is 14.2. The number of hydrogen-bond donors (Lipinski definition) is 0. The maximum atomic E-state index is 4.79. The summed E-state index contributed by atoms with van der Waals surface area (Å²) in [5, 5.41) is 4.79. The zero-order chi connectivity index (χ0) is 18.2. The number of fused-ring (bicyclic) bond motifs is 1. The minimum Gasteiger partial charge on any atom is -0.298 e. The number of pyridine rings is 2. The van der Waals surface area contributed by atoms with Crippen LogP contribution in [0.2, 0.25) is 0 Å². The standard InChI is InChI=1S/C21H21N5S/c1-15-2-4-19(27-15)14-25-11-8-18(12-25)21-23-20-5-3-17(13-26(20)24-21)16-6-9-22-10-7-16/h2-7,9-10,13,18H,8,11-12,14H2,1H3/t18-/m0/s1. The van der Waals surface area contributed by atoms with Crippen LogP contribution in [0.5, 0.6) is 0 Å². The molecule has 27 heavy (non-hydrogen) atoms. The largest absolute Gasteiger partial charge is 0.298 e. The Kier molecular flexibility index (Phi) is 4.22. The Labute approximate surface area is 162 Å². The molecule has 0 bridgehead atoms. The van der Waals surface area contributed by atoms with Crippen LogP contribution in [0.15, 0.2) is 55.0 Å². The number of rotatable bonds is 4. The second-order valence-corrected chi connectivity index (χ2v) is 8.53. The van der Waals surface area contributed by atoms with Gasteiger partial charge in [0.05, 0.1) is 0 Å². The Morgan fingerprint density at radius 2 is 1.96 bits per heavy atom. The Morgan fingerprint density at radius 3 is 2.78 bits per heavy atom. The molecular formula is C21H21N5S. The van der Waals surface area contributed by atoms with Crippen molar-refractivity contribution in [2.24, 2.45) is 0 Å². The maximum Gasteiger partial charge on any atom is 0.156 e. The van der Waals surface area contributed by atoms with Crippen molar-refractivity contribution in [3.05, 3.63) is 70.6 Å². The van der Waals surface area contributed by atoms with Crippen molar-refractivity contribution in [2.45, 2.75) is 25.8 Å². The molecule has 1 atom stereocenters. The molecule has 0 aliphatic carbocycles. The first kappa shape index (κ1) is 16.6. The van der Waals surface area contributed by atoms with Gasteiger partial charge in [0.2, 0.25) is 0 Å². The van der Waals surface area contributed by atoms with Crippen LogP contribution in [0.4, 0.5) is 0 Å². The average Bonchev–Trinajstić information content (AvgIpc) is 3.41. The molecule has 1 fully saturated rings. The fraction of sp³-hybridized carbons (Fsp3) is 0.286. The Balaban J connectivity index is 1.34. The molecule has 0 saturated carbocycles. The summed E-state index contributed by atoms with van der Waals surface area (Å²) in [6, 6.07) is 12.6. The molecule has 6 heteroatoms. The van der Waals surface area contributed by atoms with Crippen molar-refractivity contribution >= 4 is 17.0 Å². The Hall–Kier alpha value is -2.57. The lowest BCUT2D eigenvalue weighted by atomic mass is 10.1. The lowest BCUT2D eigenvalue weighted by Crippen LogP contribution is -2.19. The third kappa shape index (κ3) is 3.38. The van der Waals surface area contributed by atoms with E-state index in [0.29, 0.717) is 5.92 Å². The van der Waals surface area contributed by atoms with Crippen LogP contribution in [0.25, 0.3) is 16.8 Å². The zero-order valence-corrected chi connectivity index (χ0v) is 16.1. The van der Waals surface area contributed by atoms with Crippen molar-refractivity contribution < 1.29 is 0 Å². The molecule has 5 rings (SSSR count). The molecule has 0 aromatic carbocycles. The fourth-order valence-electron chi connectivity index (χ4n) is 3.77. The van der Waals surface area contributed by atoms with Gasteiger partial charge in [0.15, 0.2) is 11.5 Å². The van der Waals surface area contributed by atoms with E-state index in [1.807, 2.05) is 46.4 Å². The molecule has 0 spiro atoms. The second-order valence-electron chi connectivity index (χ2n) is 7.16. The molecule has 1 saturated heterocycles. The molecule has 5 nitrogen and oxygen atoms in total. The highest BCUT2D eigenvalue weighted by Gasteiger charge is 2.27. The summed E-state index contributed by atoms with van der Waals surface area (Å²) in [6.45, 7) is 5.35. The monoisotopic (exact) mass is 375 g/mol. The highest BCUT2D eigenvalue weighted by molar-refractivity contribution is 7.11. The van der Waals surface area contributed by atoms with Gasteiger partial charge in [0.25, 0.3) is 0 Å². The Bertz CT molecular complexity index is 1070. The van der Waals surface area contributed by atoms with Crippen molar-refractivity contribution in [2.75, 3.05) is 13.1 Å². The van der Waals surface area contributed by atoms with E-state index >= 15 is 0 Å². The van der Waals surface area contributed by atoms with Crippen LogP contribution in [-0.4, -0.2) is 37.6 Å². The molecule has 0 unspecified atom stereocenters. The molecule has 1 aliphatic rings. The number of nitrogens with zero attached hydrogens (tertiary/aromatic N) is 5. The van der Waals surface area contributed by atoms with E-state index in [9.17, 15) is 0 Å². The van der Waals surface area contributed by atoms with E-state index in [-0.39, 0.29) is 0 Å². The van der Waals surface area contributed by atoms with Crippen LogP contribution >= 0.6 is 11.3 Å². The first-order valence-electron chi connectivity index (χ1n) is 9.29. The van der Waals surface area contributed by atoms with E-state index in [0.717, 1.165) is 48.7 Å². The summed E-state index contributed by atoms with van der Waals surface area (Å²) < 4.78 is 1.91. The van der Waals surface area contributed by atoms with Crippen molar-refractivity contribution in [1.29, 1.82) is 0 Å². The highest BCUT2D eigenvalue weighted by atomic mass is 32.1. The number of aryl methyl sites for hydroxylation is 1. The van der Waals surface area contributed by atoms with Gasteiger partial charge < -0.3 is 0 Å². The molecule has 0 amide bonds. The number of thiophene rings is 1. The SMILES string of the molecule is Cc1ccc(CN2CC[C@H](c3nc4ccc(-c5ccncc5)cn4n3)C2)s1. The van der Waals surface area contributed by atoms with Gasteiger partial charge in [-0.3, -0.25) is 9.88 Å². The van der Waals surface area contributed by atoms with Gasteiger partial charge in [-0.05, 0) is 61.9 Å². The lowest BCUT2D eigenvalue weighted by Gasteiger charge is -2.13. The molecule has 0 N–H and O–H groups in total. The smallest absolute Gasteiger partial charge is 0.156 e. The van der Waals surface area contributed by atoms with Crippen molar-refractivity contribution in [3.8, 4) is 11.1 Å². The quantitative estimate of drug-likeness (QED) is 0.538. The first-order valence-corrected chi connectivity index (χ1v) is 10.1. The van der Waals surface area contributed by atoms with Gasteiger partial charge >= 0.3 is 0 Å². The van der Waals surface area contributed by atoms with E-state index < -0.39 is 0 Å². The molecular weight excluding hydrogens is 354 g/mol. The first-order chi connectivity index (χ1) is 13.2. The molecule has 1 aliphatic heterocycles. The highest BCUT2D eigenvalue weighted by Crippen LogP contribution is 2.28. The van der Waals surface area contributed by atoms with Gasteiger partial charge in [-0.25, -0.2) is 9.50 Å². The van der Waals surface area contributed by atoms with Crippen LogP contribution in [-0.2, 0) is 6.54 Å². The minimum atomic E-state index is 0.412. The fourth-order valence-corrected chi connectivity index (χ4v) is 4.70. The molecule has 4 aromatic heterocycles. The lowest BCUT2D eigenvalue weighted by molar-refractivity contribution is 0.328. The summed E-state index contributed by atoms with van der Waals surface area (Å²) in [7, 11) is 0. The van der Waals surface area contributed by atoms with Crippen molar-refractivity contribution in [1.82, 2.24) is 24.5 Å². The van der Waals surface area contributed by atoms with Crippen LogP contribution in [0, 0.1) is 6.92 Å². The van der Waals surface area contributed by atoms with E-state index in [1.165, 1.54) is 9.75 Å². The zero-order valence-electron chi connectivity index (χ0n) is 15.2. The minimum absolute atomic E-state index is 0.412. The number of aromatic nitrogens is 4. The van der Waals surface area contributed by atoms with Crippen molar-refractivity contribution in [3.63, 3.8) is 0 Å². The summed E-state index contributed by atoms with van der Waals surface area (Å²) in [6.07, 6.45) is 6.81.